The Balaban J connectivity index is 2.90. The Bertz CT molecular complexity index is 374. The van der Waals surface area contributed by atoms with E-state index in [2.05, 4.69) is 55.0 Å². The van der Waals surface area contributed by atoms with Crippen molar-refractivity contribution in [2.45, 2.75) is 66.5 Å². The summed E-state index contributed by atoms with van der Waals surface area (Å²) in [4.78, 5) is 2.26. The normalized spacial score (nSPS) is 13.2. The number of hydrogen-bond donors (Lipinski definition) is 1. The van der Waals surface area contributed by atoms with Crippen LogP contribution in [-0.4, -0.2) is 29.3 Å². The van der Waals surface area contributed by atoms with Gasteiger partial charge < -0.3 is 14.6 Å². The molecule has 1 atom stereocenters. The molecule has 0 aliphatic rings. The van der Waals surface area contributed by atoms with Crippen LogP contribution in [0.5, 0.6) is 0 Å². The maximum absolute atomic E-state index is 5.89. The van der Waals surface area contributed by atoms with E-state index in [0.29, 0.717) is 23.9 Å². The van der Waals surface area contributed by atoms with E-state index in [1.807, 2.05) is 6.92 Å². The van der Waals surface area contributed by atoms with Gasteiger partial charge in [0.2, 0.25) is 5.89 Å². The van der Waals surface area contributed by atoms with Crippen LogP contribution in [0.3, 0.4) is 0 Å². The topological polar surface area (TPSA) is 54.2 Å². The molecule has 1 aromatic heterocycles. The Labute approximate surface area is 123 Å². The minimum atomic E-state index is 0.101. The molecule has 1 unspecified atom stereocenters. The first kappa shape index (κ1) is 17.0. The zero-order chi connectivity index (χ0) is 15.1. The highest BCUT2D eigenvalue weighted by molar-refractivity contribution is 5.26. The third-order valence-corrected chi connectivity index (χ3v) is 3.50. The molecule has 0 saturated heterocycles. The number of hydrogen-bond acceptors (Lipinski definition) is 5. The molecule has 1 rings (SSSR count). The number of nitrogens with zero attached hydrogens (tertiary/aromatic N) is 3. The van der Waals surface area contributed by atoms with Gasteiger partial charge in [0.15, 0.2) is 0 Å². The molecule has 5 nitrogen and oxygen atoms in total. The van der Waals surface area contributed by atoms with E-state index in [0.717, 1.165) is 25.9 Å². The third-order valence-electron chi connectivity index (χ3n) is 3.50. The Morgan fingerprint density at radius 1 is 1.10 bits per heavy atom. The Hall–Kier alpha value is -1.10. The van der Waals surface area contributed by atoms with Crippen LogP contribution in [0, 0.1) is 5.92 Å². The zero-order valence-electron chi connectivity index (χ0n) is 13.8. The summed E-state index contributed by atoms with van der Waals surface area (Å²) in [7, 11) is 0. The zero-order valence-corrected chi connectivity index (χ0v) is 13.8. The quantitative estimate of drug-likeness (QED) is 0.752. The molecule has 1 heterocycles. The number of nitrogens with one attached hydrogen (secondary N) is 1. The van der Waals surface area contributed by atoms with Gasteiger partial charge in [-0.2, -0.15) is 0 Å². The molecule has 0 bridgehead atoms. The fraction of sp³-hybridized carbons (Fsp3) is 0.867. The fourth-order valence-electron chi connectivity index (χ4n) is 2.42. The van der Waals surface area contributed by atoms with E-state index >= 15 is 0 Å². The van der Waals surface area contributed by atoms with Crippen LogP contribution in [0.15, 0.2) is 4.42 Å². The van der Waals surface area contributed by atoms with Gasteiger partial charge in [0.1, 0.15) is 0 Å². The predicted molar refractivity (Wildman–Crippen MR) is 82.9 cm³/mol. The number of aromatic nitrogens is 2. The van der Waals surface area contributed by atoms with Crippen molar-refractivity contribution in [3.8, 4) is 0 Å². The van der Waals surface area contributed by atoms with Gasteiger partial charge in [0.05, 0.1) is 6.04 Å². The second-order valence-corrected chi connectivity index (χ2v) is 5.72. The van der Waals surface area contributed by atoms with Crippen LogP contribution in [0.2, 0.25) is 0 Å². The summed E-state index contributed by atoms with van der Waals surface area (Å²) in [5.41, 5.74) is 0. The van der Waals surface area contributed by atoms with Crippen LogP contribution >= 0.6 is 0 Å². The van der Waals surface area contributed by atoms with E-state index < -0.39 is 0 Å². The summed E-state index contributed by atoms with van der Waals surface area (Å²) >= 11 is 0. The molecule has 1 N–H and O–H groups in total. The van der Waals surface area contributed by atoms with Crippen molar-refractivity contribution in [3.63, 3.8) is 0 Å². The highest BCUT2D eigenvalue weighted by Gasteiger charge is 2.23. The van der Waals surface area contributed by atoms with Gasteiger partial charge in [-0.3, -0.25) is 0 Å². The van der Waals surface area contributed by atoms with E-state index in [1.54, 1.807) is 0 Å². The molecule has 20 heavy (non-hydrogen) atoms. The molecule has 5 heteroatoms. The predicted octanol–water partition coefficient (Wildman–Crippen LogP) is 3.39. The average Bonchev–Trinajstić information content (AvgIpc) is 2.88. The van der Waals surface area contributed by atoms with Crippen molar-refractivity contribution in [2.75, 3.05) is 18.0 Å². The third kappa shape index (κ3) is 4.47. The maximum atomic E-state index is 5.89. The molecule has 0 spiro atoms. The van der Waals surface area contributed by atoms with Gasteiger partial charge in [-0.15, -0.1) is 5.10 Å². The van der Waals surface area contributed by atoms with Gasteiger partial charge in [0, 0.05) is 12.6 Å². The van der Waals surface area contributed by atoms with Gasteiger partial charge >= 0.3 is 6.01 Å². The van der Waals surface area contributed by atoms with Crippen molar-refractivity contribution in [1.82, 2.24) is 15.5 Å². The number of anilines is 1. The Morgan fingerprint density at radius 3 is 2.25 bits per heavy atom. The molecule has 0 amide bonds. The molecule has 0 fully saturated rings. The first-order valence-electron chi connectivity index (χ1n) is 7.86. The highest BCUT2D eigenvalue weighted by atomic mass is 16.4. The largest absolute Gasteiger partial charge is 0.406 e. The standard InChI is InChI=1S/C15H30N4O/c1-7-13(8-2)19(10-11(4)5)15-18-17-14(20-15)12(6)16-9-3/h11-13,16H,7-10H2,1-6H3. The molecule has 0 aliphatic carbocycles. The summed E-state index contributed by atoms with van der Waals surface area (Å²) < 4.78 is 5.89. The van der Waals surface area contributed by atoms with Crippen LogP contribution in [0.4, 0.5) is 6.01 Å². The molecule has 1 aromatic rings. The first-order valence-corrected chi connectivity index (χ1v) is 7.86. The van der Waals surface area contributed by atoms with Gasteiger partial charge in [-0.05, 0) is 32.2 Å². The van der Waals surface area contributed by atoms with Crippen molar-refractivity contribution >= 4 is 6.01 Å². The lowest BCUT2D eigenvalue weighted by molar-refractivity contribution is 0.397. The van der Waals surface area contributed by atoms with Crippen molar-refractivity contribution in [1.29, 1.82) is 0 Å². The monoisotopic (exact) mass is 282 g/mol. The molecule has 0 saturated carbocycles. The van der Waals surface area contributed by atoms with Crippen molar-refractivity contribution < 1.29 is 4.42 Å². The lowest BCUT2D eigenvalue weighted by atomic mass is 10.1. The molecule has 116 valence electrons. The molecule has 0 radical (unpaired) electrons. The Morgan fingerprint density at radius 2 is 1.75 bits per heavy atom. The van der Waals surface area contributed by atoms with Gasteiger partial charge in [-0.25, -0.2) is 0 Å². The van der Waals surface area contributed by atoms with Crippen LogP contribution in [0.1, 0.15) is 66.3 Å². The first-order chi connectivity index (χ1) is 9.53. The SMILES string of the molecule is CCNC(C)c1nnc(N(CC(C)C)C(CC)CC)o1. The second-order valence-electron chi connectivity index (χ2n) is 5.72. The minimum Gasteiger partial charge on any atom is -0.406 e. The highest BCUT2D eigenvalue weighted by Crippen LogP contribution is 2.22. The number of rotatable bonds is 9. The van der Waals surface area contributed by atoms with Crippen molar-refractivity contribution in [3.05, 3.63) is 5.89 Å². The smallest absolute Gasteiger partial charge is 0.318 e. The van der Waals surface area contributed by atoms with Crippen LogP contribution in [-0.2, 0) is 0 Å². The molecular weight excluding hydrogens is 252 g/mol. The lowest BCUT2D eigenvalue weighted by Gasteiger charge is -2.30. The van der Waals surface area contributed by atoms with Crippen molar-refractivity contribution in [2.24, 2.45) is 5.92 Å². The van der Waals surface area contributed by atoms with Crippen LogP contribution < -0.4 is 10.2 Å². The molecule has 0 aromatic carbocycles. The van der Waals surface area contributed by atoms with E-state index in [4.69, 9.17) is 4.42 Å². The molecular formula is C15H30N4O. The summed E-state index contributed by atoms with van der Waals surface area (Å²) in [5, 5.41) is 11.7. The minimum absolute atomic E-state index is 0.101. The summed E-state index contributed by atoms with van der Waals surface area (Å²) in [6.07, 6.45) is 2.17. The summed E-state index contributed by atoms with van der Waals surface area (Å²) in [5.74, 6) is 1.23. The van der Waals surface area contributed by atoms with E-state index in [-0.39, 0.29) is 6.04 Å². The molecule has 0 aliphatic heterocycles. The summed E-state index contributed by atoms with van der Waals surface area (Å²) in [6, 6.07) is 1.22. The van der Waals surface area contributed by atoms with Crippen LogP contribution in [0.25, 0.3) is 0 Å². The summed E-state index contributed by atoms with van der Waals surface area (Å²) in [6.45, 7) is 14.8. The maximum Gasteiger partial charge on any atom is 0.318 e. The van der Waals surface area contributed by atoms with E-state index in [9.17, 15) is 0 Å². The second kappa shape index (κ2) is 8.25. The van der Waals surface area contributed by atoms with Gasteiger partial charge in [-0.1, -0.05) is 39.7 Å². The fourth-order valence-corrected chi connectivity index (χ4v) is 2.42. The average molecular weight is 282 g/mol. The van der Waals surface area contributed by atoms with E-state index in [1.165, 1.54) is 0 Å². The lowest BCUT2D eigenvalue weighted by Crippen LogP contribution is -2.37. The Kier molecular flexibility index (Phi) is 6.99. The van der Waals surface area contributed by atoms with Gasteiger partial charge in [0.25, 0.3) is 0 Å².